The molecule has 44 heavy (non-hydrogen) atoms. The molecular weight excluding hydrogens is 621 g/mol. The highest BCUT2D eigenvalue weighted by atomic mass is 32.2. The Balaban J connectivity index is 1.37. The minimum Gasteiger partial charge on any atom is -0.481 e. The van der Waals surface area contributed by atoms with Gasteiger partial charge in [-0.3, -0.25) is 9.69 Å². The molecule has 1 aliphatic carbocycles. The number of morpholine rings is 1. The number of amides is 1. The number of ether oxygens (including phenoxy) is 2. The number of hydrogen-bond donors (Lipinski definition) is 0. The molecular formula is C28H33F3N6O5S2. The van der Waals surface area contributed by atoms with Crippen molar-refractivity contribution in [2.45, 2.75) is 43.5 Å². The number of halogens is 3. The Morgan fingerprint density at radius 1 is 1.11 bits per heavy atom. The lowest BCUT2D eigenvalue weighted by Crippen LogP contribution is -2.52. The van der Waals surface area contributed by atoms with Crippen molar-refractivity contribution in [2.24, 2.45) is 0 Å². The van der Waals surface area contributed by atoms with Gasteiger partial charge in [-0.1, -0.05) is 0 Å². The summed E-state index contributed by atoms with van der Waals surface area (Å²) in [5.41, 5.74) is 3.40. The van der Waals surface area contributed by atoms with Gasteiger partial charge in [0.25, 0.3) is 0 Å². The SMILES string of the molecule is COc1ncc(-c2nc(N3CCOCC3)nc3c(CN4CCN(C(=O)C(F)(F)F)CC4)c(C)sc23)cc1CS(=O)(=O)C1CC1. The van der Waals surface area contributed by atoms with Crippen molar-refractivity contribution in [2.75, 3.05) is 64.5 Å². The standard InChI is InChI=1S/C28H33F3N6O5S2/c1-17-21(15-35-5-7-36(8-6-35)26(38)28(29,30)31)23-24(43-17)22(33-27(34-23)37-9-11-42-12-10-37)18-13-19(25(41-2)32-14-18)16-44(39,40)20-3-4-20/h13-14,20H,3-12,15-16H2,1-2H3. The largest absolute Gasteiger partial charge is 0.481 e. The van der Waals surface area contributed by atoms with Crippen molar-refractivity contribution in [3.8, 4) is 17.1 Å². The van der Waals surface area contributed by atoms with Crippen LogP contribution in [0.15, 0.2) is 12.3 Å². The monoisotopic (exact) mass is 654 g/mol. The van der Waals surface area contributed by atoms with Gasteiger partial charge in [-0.05, 0) is 25.8 Å². The van der Waals surface area contributed by atoms with Crippen molar-refractivity contribution in [3.05, 3.63) is 28.3 Å². The highest BCUT2D eigenvalue weighted by molar-refractivity contribution is 7.91. The first-order valence-electron chi connectivity index (χ1n) is 14.4. The number of alkyl halides is 3. The third-order valence-corrected chi connectivity index (χ3v) is 11.5. The number of hydrogen-bond acceptors (Lipinski definition) is 11. The summed E-state index contributed by atoms with van der Waals surface area (Å²) in [4.78, 5) is 32.0. The summed E-state index contributed by atoms with van der Waals surface area (Å²) >= 11 is 1.51. The Hall–Kier alpha value is -3.08. The van der Waals surface area contributed by atoms with Gasteiger partial charge in [0.05, 0.1) is 47.2 Å². The molecule has 0 unspecified atom stereocenters. The van der Waals surface area contributed by atoms with Crippen LogP contribution in [0.2, 0.25) is 0 Å². The van der Waals surface area contributed by atoms with Crippen molar-refractivity contribution in [1.82, 2.24) is 24.8 Å². The van der Waals surface area contributed by atoms with Crippen LogP contribution in [0.3, 0.4) is 0 Å². The van der Waals surface area contributed by atoms with Gasteiger partial charge in [0.15, 0.2) is 9.84 Å². The minimum absolute atomic E-state index is 0.0111. The number of methoxy groups -OCH3 is 1. The molecule has 2 saturated heterocycles. The molecule has 6 rings (SSSR count). The molecule has 0 aromatic carbocycles. The van der Waals surface area contributed by atoms with Gasteiger partial charge in [0.2, 0.25) is 11.8 Å². The van der Waals surface area contributed by atoms with E-state index in [1.54, 1.807) is 12.3 Å². The summed E-state index contributed by atoms with van der Waals surface area (Å²) in [7, 11) is -1.88. The molecule has 0 bridgehead atoms. The molecule has 1 saturated carbocycles. The number of anilines is 1. The van der Waals surface area contributed by atoms with E-state index in [9.17, 15) is 26.4 Å². The maximum Gasteiger partial charge on any atom is 0.471 e. The highest BCUT2D eigenvalue weighted by Crippen LogP contribution is 2.40. The summed E-state index contributed by atoms with van der Waals surface area (Å²) in [5, 5.41) is -0.328. The Morgan fingerprint density at radius 3 is 2.45 bits per heavy atom. The predicted molar refractivity (Wildman–Crippen MR) is 159 cm³/mol. The average molecular weight is 655 g/mol. The summed E-state index contributed by atoms with van der Waals surface area (Å²) in [5.74, 6) is -1.22. The number of fused-ring (bicyclic) bond motifs is 1. The zero-order valence-corrected chi connectivity index (χ0v) is 26.0. The van der Waals surface area contributed by atoms with Crippen LogP contribution in [0.1, 0.15) is 28.8 Å². The molecule has 3 aliphatic rings. The van der Waals surface area contributed by atoms with Crippen LogP contribution in [-0.4, -0.2) is 110 Å². The number of aromatic nitrogens is 3. The minimum atomic E-state index is -4.89. The normalized spacial score (nSPS) is 18.7. The molecule has 238 valence electrons. The van der Waals surface area contributed by atoms with Gasteiger partial charge in [-0.15, -0.1) is 11.3 Å². The quantitative estimate of drug-likeness (QED) is 0.359. The summed E-state index contributed by atoms with van der Waals surface area (Å²) in [6.45, 7) is 5.26. The molecule has 5 heterocycles. The number of aryl methyl sites for hydroxylation is 1. The molecule has 0 N–H and O–H groups in total. The molecule has 3 fully saturated rings. The summed E-state index contributed by atoms with van der Waals surface area (Å²) < 4.78 is 76.4. The zero-order chi connectivity index (χ0) is 31.2. The maximum atomic E-state index is 12.9. The predicted octanol–water partition coefficient (Wildman–Crippen LogP) is 3.19. The van der Waals surface area contributed by atoms with Gasteiger partial charge < -0.3 is 19.3 Å². The average Bonchev–Trinajstić information content (AvgIpc) is 3.82. The smallest absolute Gasteiger partial charge is 0.471 e. The van der Waals surface area contributed by atoms with E-state index in [1.807, 2.05) is 16.7 Å². The molecule has 2 aliphatic heterocycles. The fourth-order valence-electron chi connectivity index (χ4n) is 5.60. The zero-order valence-electron chi connectivity index (χ0n) is 24.4. The van der Waals surface area contributed by atoms with Gasteiger partial charge >= 0.3 is 12.1 Å². The van der Waals surface area contributed by atoms with E-state index in [0.29, 0.717) is 81.5 Å². The molecule has 11 nitrogen and oxygen atoms in total. The second-order valence-corrected chi connectivity index (χ2v) is 14.8. The number of carbonyl (C=O) groups is 1. The van der Waals surface area contributed by atoms with Gasteiger partial charge in [-0.25, -0.2) is 23.4 Å². The molecule has 3 aromatic rings. The van der Waals surface area contributed by atoms with Crippen LogP contribution in [0.4, 0.5) is 19.1 Å². The van der Waals surface area contributed by atoms with Crippen LogP contribution in [0, 0.1) is 6.92 Å². The lowest BCUT2D eigenvalue weighted by molar-refractivity contribution is -0.187. The number of thiophene rings is 1. The number of pyridine rings is 1. The van der Waals surface area contributed by atoms with E-state index in [-0.39, 0.29) is 30.0 Å². The number of piperazine rings is 1. The topological polar surface area (TPSA) is 118 Å². The number of rotatable bonds is 8. The molecule has 0 atom stereocenters. The number of nitrogens with zero attached hydrogens (tertiary/aromatic N) is 6. The van der Waals surface area contributed by atoms with Crippen LogP contribution in [0.25, 0.3) is 21.5 Å². The second kappa shape index (κ2) is 12.0. The van der Waals surface area contributed by atoms with E-state index in [4.69, 9.17) is 19.4 Å². The van der Waals surface area contributed by atoms with Crippen LogP contribution in [0.5, 0.6) is 5.88 Å². The van der Waals surface area contributed by atoms with E-state index in [2.05, 4.69) is 4.98 Å². The fourth-order valence-corrected chi connectivity index (χ4v) is 8.44. The Kier molecular flexibility index (Phi) is 8.45. The Bertz CT molecular complexity index is 1660. The molecule has 0 spiro atoms. The molecule has 16 heteroatoms. The maximum absolute atomic E-state index is 12.9. The Labute approximate surface area is 256 Å². The lowest BCUT2D eigenvalue weighted by Gasteiger charge is -2.35. The van der Waals surface area contributed by atoms with E-state index >= 15 is 0 Å². The van der Waals surface area contributed by atoms with Crippen molar-refractivity contribution in [1.29, 1.82) is 0 Å². The molecule has 0 radical (unpaired) electrons. The van der Waals surface area contributed by atoms with Crippen molar-refractivity contribution < 1.29 is 35.9 Å². The second-order valence-electron chi connectivity index (χ2n) is 11.3. The molecule has 3 aromatic heterocycles. The van der Waals surface area contributed by atoms with Gasteiger partial charge in [0.1, 0.15) is 0 Å². The number of sulfone groups is 1. The third kappa shape index (κ3) is 6.34. The van der Waals surface area contributed by atoms with Crippen molar-refractivity contribution >= 4 is 43.2 Å². The number of carbonyl (C=O) groups excluding carboxylic acids is 1. The van der Waals surface area contributed by atoms with E-state index < -0.39 is 21.9 Å². The third-order valence-electron chi connectivity index (χ3n) is 8.18. The van der Waals surface area contributed by atoms with Crippen molar-refractivity contribution in [3.63, 3.8) is 0 Å². The van der Waals surface area contributed by atoms with Gasteiger partial charge in [-0.2, -0.15) is 13.2 Å². The first-order chi connectivity index (χ1) is 20.9. The highest BCUT2D eigenvalue weighted by Gasteiger charge is 2.43. The molecule has 1 amide bonds. The summed E-state index contributed by atoms with van der Waals surface area (Å²) in [6, 6.07) is 1.78. The fraction of sp³-hybridized carbons (Fsp3) is 0.571. The first-order valence-corrected chi connectivity index (χ1v) is 16.9. The van der Waals surface area contributed by atoms with Crippen LogP contribution in [-0.2, 0) is 31.7 Å². The van der Waals surface area contributed by atoms with Crippen LogP contribution < -0.4 is 9.64 Å². The first kappa shape index (κ1) is 30.9. The lowest BCUT2D eigenvalue weighted by atomic mass is 10.1. The van der Waals surface area contributed by atoms with Gasteiger partial charge in [0, 0.05) is 73.6 Å². The van der Waals surface area contributed by atoms with E-state index in [0.717, 1.165) is 25.6 Å². The van der Waals surface area contributed by atoms with Crippen LogP contribution >= 0.6 is 11.3 Å². The summed E-state index contributed by atoms with van der Waals surface area (Å²) in [6.07, 6.45) is -1.93. The Morgan fingerprint density at radius 2 is 1.82 bits per heavy atom. The van der Waals surface area contributed by atoms with E-state index in [1.165, 1.54) is 18.4 Å².